The Kier molecular flexibility index (Phi) is 5.72. The molecular weight excluding hydrogens is 354 g/mol. The molecule has 0 atom stereocenters. The molecule has 0 spiro atoms. The molecule has 142 valence electrons. The van der Waals surface area contributed by atoms with Gasteiger partial charge in [0, 0.05) is 29.4 Å². The maximum Gasteiger partial charge on any atom is 0.263 e. The minimum Gasteiger partial charge on any atom is -0.338 e. The molecule has 3 nitrogen and oxygen atoms in total. The van der Waals surface area contributed by atoms with Crippen molar-refractivity contribution in [2.75, 3.05) is 13.1 Å². The van der Waals surface area contributed by atoms with Crippen LogP contribution in [-0.4, -0.2) is 29.7 Å². The number of thiophene rings is 1. The Bertz CT molecular complexity index is 778. The van der Waals surface area contributed by atoms with E-state index in [0.29, 0.717) is 13.1 Å². The summed E-state index contributed by atoms with van der Waals surface area (Å²) in [6.45, 7) is 1.37. The fourth-order valence-corrected chi connectivity index (χ4v) is 5.51. The molecule has 27 heavy (non-hydrogen) atoms. The molecule has 1 amide bonds. The van der Waals surface area contributed by atoms with Gasteiger partial charge >= 0.3 is 0 Å². The largest absolute Gasteiger partial charge is 0.338 e. The van der Waals surface area contributed by atoms with Crippen molar-refractivity contribution in [3.05, 3.63) is 57.3 Å². The Morgan fingerprint density at radius 2 is 1.63 bits per heavy atom. The molecule has 1 fully saturated rings. The monoisotopic (exact) mass is 381 g/mol. The van der Waals surface area contributed by atoms with Crippen molar-refractivity contribution >= 4 is 23.0 Å². The number of likely N-dealkylation sites (tertiary alicyclic amines) is 1. The lowest BCUT2D eigenvalue weighted by Crippen LogP contribution is -2.40. The summed E-state index contributed by atoms with van der Waals surface area (Å²) in [6, 6.07) is 11.7. The quantitative estimate of drug-likeness (QED) is 0.690. The number of fused-ring (bicyclic) bond motifs is 1. The highest BCUT2D eigenvalue weighted by molar-refractivity contribution is 7.14. The van der Waals surface area contributed by atoms with Crippen LogP contribution < -0.4 is 0 Å². The number of Topliss-reactive ketones (excluding diaryl/α,β-unsaturated/α-hetero) is 1. The maximum atomic E-state index is 13.0. The average Bonchev–Trinajstić information content (AvgIpc) is 3.09. The van der Waals surface area contributed by atoms with E-state index in [4.69, 9.17) is 0 Å². The van der Waals surface area contributed by atoms with E-state index in [9.17, 15) is 9.59 Å². The van der Waals surface area contributed by atoms with Crippen LogP contribution in [0.3, 0.4) is 0 Å². The van der Waals surface area contributed by atoms with E-state index in [2.05, 4.69) is 6.07 Å². The summed E-state index contributed by atoms with van der Waals surface area (Å²) in [5.74, 6) is 0.430. The maximum absolute atomic E-state index is 13.0. The van der Waals surface area contributed by atoms with Gasteiger partial charge < -0.3 is 4.90 Å². The Morgan fingerprint density at radius 1 is 0.926 bits per heavy atom. The summed E-state index contributed by atoms with van der Waals surface area (Å²) in [7, 11) is 0. The van der Waals surface area contributed by atoms with Crippen LogP contribution in [0.5, 0.6) is 0 Å². The lowest BCUT2D eigenvalue weighted by molar-refractivity contribution is 0.0654. The molecule has 2 aromatic rings. The number of aryl methyl sites for hydroxylation is 2. The highest BCUT2D eigenvalue weighted by Gasteiger charge is 2.29. The summed E-state index contributed by atoms with van der Waals surface area (Å²) < 4.78 is 0. The predicted molar refractivity (Wildman–Crippen MR) is 110 cm³/mol. The summed E-state index contributed by atoms with van der Waals surface area (Å²) in [5.41, 5.74) is 2.19. The number of hydrogen-bond acceptors (Lipinski definition) is 3. The van der Waals surface area contributed by atoms with Crippen molar-refractivity contribution in [3.63, 3.8) is 0 Å². The number of carbonyl (C=O) groups is 2. The molecule has 1 aliphatic carbocycles. The molecule has 0 saturated carbocycles. The lowest BCUT2D eigenvalue weighted by Gasteiger charge is -2.31. The van der Waals surface area contributed by atoms with Gasteiger partial charge in [0.15, 0.2) is 5.78 Å². The highest BCUT2D eigenvalue weighted by atomic mass is 32.1. The van der Waals surface area contributed by atoms with Crippen LogP contribution in [0.15, 0.2) is 36.4 Å². The van der Waals surface area contributed by atoms with Gasteiger partial charge in [-0.15, -0.1) is 11.3 Å². The molecule has 1 aromatic heterocycles. The van der Waals surface area contributed by atoms with E-state index >= 15 is 0 Å². The van der Waals surface area contributed by atoms with Gasteiger partial charge in [-0.25, -0.2) is 0 Å². The van der Waals surface area contributed by atoms with E-state index < -0.39 is 0 Å². The molecule has 0 radical (unpaired) electrons. The van der Waals surface area contributed by atoms with Gasteiger partial charge in [-0.1, -0.05) is 43.2 Å². The van der Waals surface area contributed by atoms with Gasteiger partial charge in [0.2, 0.25) is 0 Å². The molecule has 1 aromatic carbocycles. The second-order valence-corrected chi connectivity index (χ2v) is 8.91. The number of ketones is 1. The first-order chi connectivity index (χ1) is 13.2. The third-order valence-electron chi connectivity index (χ3n) is 5.92. The fourth-order valence-electron chi connectivity index (χ4n) is 4.29. The van der Waals surface area contributed by atoms with Gasteiger partial charge in [0.05, 0.1) is 4.88 Å². The number of benzene rings is 1. The van der Waals surface area contributed by atoms with E-state index in [1.54, 1.807) is 11.3 Å². The Labute approximate surface area is 165 Å². The summed E-state index contributed by atoms with van der Waals surface area (Å²) in [6.07, 6.45) is 8.88. The van der Waals surface area contributed by atoms with Crippen molar-refractivity contribution in [2.24, 2.45) is 5.92 Å². The number of rotatable bonds is 3. The first-order valence-corrected chi connectivity index (χ1v) is 11.0. The van der Waals surface area contributed by atoms with Crippen LogP contribution in [0, 0.1) is 5.92 Å². The van der Waals surface area contributed by atoms with Crippen LogP contribution in [0.25, 0.3) is 0 Å². The van der Waals surface area contributed by atoms with E-state index in [1.165, 1.54) is 36.1 Å². The first kappa shape index (κ1) is 18.4. The molecule has 1 saturated heterocycles. The fraction of sp³-hybridized carbons (Fsp3) is 0.478. The van der Waals surface area contributed by atoms with Crippen molar-refractivity contribution in [1.29, 1.82) is 0 Å². The first-order valence-electron chi connectivity index (χ1n) is 10.2. The second kappa shape index (κ2) is 8.39. The van der Waals surface area contributed by atoms with Gasteiger partial charge in [-0.3, -0.25) is 9.59 Å². The molecule has 1 aliphatic heterocycles. The SMILES string of the molecule is O=C(c1ccccc1)C1CCN(C(=O)c2cc3c(s2)CCCCCC3)CC1. The lowest BCUT2D eigenvalue weighted by atomic mass is 9.89. The number of piperidine rings is 1. The standard InChI is InChI=1S/C23H27NO2S/c25-22(17-8-5-3-6-9-17)18-12-14-24(15-13-18)23(26)21-16-19-10-4-1-2-7-11-20(19)27-21/h3,5-6,8-9,16,18H,1-2,4,7,10-15H2. The number of amides is 1. The third-order valence-corrected chi connectivity index (χ3v) is 7.14. The van der Waals surface area contributed by atoms with Crippen molar-refractivity contribution in [3.8, 4) is 0 Å². The normalized spacial score (nSPS) is 18.4. The molecular formula is C23H27NO2S. The van der Waals surface area contributed by atoms with Crippen LogP contribution in [0.2, 0.25) is 0 Å². The average molecular weight is 382 g/mol. The molecule has 0 bridgehead atoms. The topological polar surface area (TPSA) is 37.4 Å². The molecule has 0 unspecified atom stereocenters. The van der Waals surface area contributed by atoms with Crippen molar-refractivity contribution < 1.29 is 9.59 Å². The summed E-state index contributed by atoms with van der Waals surface area (Å²) >= 11 is 1.71. The molecule has 4 rings (SSSR count). The molecule has 2 aliphatic rings. The van der Waals surface area contributed by atoms with Crippen molar-refractivity contribution in [2.45, 2.75) is 51.4 Å². The molecule has 4 heteroatoms. The Balaban J connectivity index is 1.39. The van der Waals surface area contributed by atoms with Crippen LogP contribution in [0.4, 0.5) is 0 Å². The predicted octanol–water partition coefficient (Wildman–Crippen LogP) is 5.14. The smallest absolute Gasteiger partial charge is 0.263 e. The van der Waals surface area contributed by atoms with E-state index in [-0.39, 0.29) is 17.6 Å². The minimum absolute atomic E-state index is 0.0417. The summed E-state index contributed by atoms with van der Waals surface area (Å²) in [5, 5.41) is 0. The van der Waals surface area contributed by atoms with Gasteiger partial charge in [0.25, 0.3) is 5.91 Å². The van der Waals surface area contributed by atoms with E-state index in [0.717, 1.165) is 36.1 Å². The number of carbonyl (C=O) groups excluding carboxylic acids is 2. The van der Waals surface area contributed by atoms with Crippen molar-refractivity contribution in [1.82, 2.24) is 4.90 Å². The second-order valence-electron chi connectivity index (χ2n) is 7.77. The zero-order chi connectivity index (χ0) is 18.6. The molecule has 0 N–H and O–H groups in total. The third kappa shape index (κ3) is 4.16. The summed E-state index contributed by atoms with van der Waals surface area (Å²) in [4.78, 5) is 29.9. The minimum atomic E-state index is 0.0417. The Hall–Kier alpha value is -1.94. The van der Waals surface area contributed by atoms with Gasteiger partial charge in [-0.2, -0.15) is 0 Å². The van der Waals surface area contributed by atoms with Crippen LogP contribution in [0.1, 0.15) is 69.0 Å². The zero-order valence-electron chi connectivity index (χ0n) is 15.8. The highest BCUT2D eigenvalue weighted by Crippen LogP contribution is 2.30. The van der Waals surface area contributed by atoms with Gasteiger partial charge in [-0.05, 0) is 50.2 Å². The number of hydrogen-bond donors (Lipinski definition) is 0. The zero-order valence-corrected chi connectivity index (χ0v) is 16.6. The molecule has 2 heterocycles. The Morgan fingerprint density at radius 3 is 2.37 bits per heavy atom. The van der Waals surface area contributed by atoms with Crippen LogP contribution >= 0.6 is 11.3 Å². The number of nitrogens with zero attached hydrogens (tertiary/aromatic N) is 1. The van der Waals surface area contributed by atoms with Gasteiger partial charge in [0.1, 0.15) is 0 Å². The van der Waals surface area contributed by atoms with Crippen LogP contribution in [-0.2, 0) is 12.8 Å². The van der Waals surface area contributed by atoms with E-state index in [1.807, 2.05) is 35.2 Å².